The average molecular weight is 352 g/mol. The van der Waals surface area contributed by atoms with Crippen molar-refractivity contribution in [2.24, 2.45) is 0 Å². The predicted molar refractivity (Wildman–Crippen MR) is 95.6 cm³/mol. The van der Waals surface area contributed by atoms with Gasteiger partial charge in [-0.2, -0.15) is 0 Å². The molecule has 2 aromatic heterocycles. The lowest BCUT2D eigenvalue weighted by atomic mass is 10.1. The molecule has 1 aromatic carbocycles. The highest BCUT2D eigenvalue weighted by Gasteiger charge is 2.09. The van der Waals surface area contributed by atoms with Crippen LogP contribution in [0.3, 0.4) is 0 Å². The lowest BCUT2D eigenvalue weighted by molar-refractivity contribution is -0.121. The van der Waals surface area contributed by atoms with Gasteiger partial charge < -0.3 is 14.5 Å². The van der Waals surface area contributed by atoms with Crippen LogP contribution in [0.2, 0.25) is 0 Å². The van der Waals surface area contributed by atoms with Crippen LogP contribution in [-0.4, -0.2) is 34.7 Å². The first-order chi connectivity index (χ1) is 12.7. The average Bonchev–Trinajstić information content (AvgIpc) is 3.16. The molecule has 134 valence electrons. The highest BCUT2D eigenvalue weighted by atomic mass is 16.5. The van der Waals surface area contributed by atoms with Crippen molar-refractivity contribution in [3.63, 3.8) is 0 Å². The first kappa shape index (κ1) is 17.6. The molecule has 3 rings (SSSR count). The Hall–Kier alpha value is -3.22. The number of benzene rings is 1. The van der Waals surface area contributed by atoms with E-state index in [-0.39, 0.29) is 5.91 Å². The van der Waals surface area contributed by atoms with Crippen molar-refractivity contribution in [3.8, 4) is 17.2 Å². The Balaban J connectivity index is 1.40. The number of hydrogen-bond acceptors (Lipinski definition) is 6. The quantitative estimate of drug-likeness (QED) is 0.670. The van der Waals surface area contributed by atoms with E-state index in [1.54, 1.807) is 31.6 Å². The lowest BCUT2D eigenvalue weighted by Crippen LogP contribution is -2.25. The van der Waals surface area contributed by atoms with E-state index in [2.05, 4.69) is 20.5 Å². The monoisotopic (exact) mass is 352 g/mol. The molecule has 26 heavy (non-hydrogen) atoms. The van der Waals surface area contributed by atoms with Gasteiger partial charge in [0.15, 0.2) is 0 Å². The summed E-state index contributed by atoms with van der Waals surface area (Å²) in [6, 6.07) is 11.3. The summed E-state index contributed by atoms with van der Waals surface area (Å²) in [7, 11) is 1.63. The van der Waals surface area contributed by atoms with E-state index in [9.17, 15) is 4.79 Å². The van der Waals surface area contributed by atoms with E-state index in [0.717, 1.165) is 16.9 Å². The van der Waals surface area contributed by atoms with Crippen LogP contribution in [0.4, 0.5) is 0 Å². The minimum Gasteiger partial charge on any atom is -0.497 e. The van der Waals surface area contributed by atoms with Gasteiger partial charge in [0.05, 0.1) is 7.11 Å². The number of pyridine rings is 1. The van der Waals surface area contributed by atoms with Crippen LogP contribution < -0.4 is 10.1 Å². The number of nitrogens with zero attached hydrogens (tertiary/aromatic N) is 3. The highest BCUT2D eigenvalue weighted by molar-refractivity contribution is 5.76. The van der Waals surface area contributed by atoms with Crippen LogP contribution in [0.5, 0.6) is 5.75 Å². The van der Waals surface area contributed by atoms with Gasteiger partial charge in [0.1, 0.15) is 5.75 Å². The zero-order valence-electron chi connectivity index (χ0n) is 14.5. The molecular formula is C19H20N4O3. The summed E-state index contributed by atoms with van der Waals surface area (Å²) in [6.45, 7) is 0.458. The topological polar surface area (TPSA) is 90.1 Å². The second-order valence-electron chi connectivity index (χ2n) is 5.68. The fourth-order valence-corrected chi connectivity index (χ4v) is 2.41. The van der Waals surface area contributed by atoms with E-state index in [1.165, 1.54) is 0 Å². The number of methoxy groups -OCH3 is 1. The minimum atomic E-state index is -0.00492. The number of aromatic nitrogens is 3. The van der Waals surface area contributed by atoms with Gasteiger partial charge in [0.2, 0.25) is 17.7 Å². The fourth-order valence-electron chi connectivity index (χ4n) is 2.41. The van der Waals surface area contributed by atoms with Crippen molar-refractivity contribution in [3.05, 3.63) is 60.2 Å². The Morgan fingerprint density at radius 1 is 1.08 bits per heavy atom. The van der Waals surface area contributed by atoms with Crippen LogP contribution in [0.1, 0.15) is 17.9 Å². The summed E-state index contributed by atoms with van der Waals surface area (Å²) in [6.07, 6.45) is 4.94. The second kappa shape index (κ2) is 8.75. The molecule has 0 spiro atoms. The zero-order chi connectivity index (χ0) is 18.2. The van der Waals surface area contributed by atoms with Gasteiger partial charge in [-0.05, 0) is 36.2 Å². The number of ether oxygens (including phenoxy) is 1. The van der Waals surface area contributed by atoms with Crippen molar-refractivity contribution >= 4 is 5.91 Å². The highest BCUT2D eigenvalue weighted by Crippen LogP contribution is 2.16. The van der Waals surface area contributed by atoms with Gasteiger partial charge in [0.25, 0.3) is 0 Å². The number of rotatable bonds is 8. The Morgan fingerprint density at radius 3 is 2.58 bits per heavy atom. The van der Waals surface area contributed by atoms with Crippen LogP contribution in [-0.2, 0) is 17.6 Å². The first-order valence-electron chi connectivity index (χ1n) is 8.37. The third-order valence-electron chi connectivity index (χ3n) is 3.85. The molecule has 0 aliphatic rings. The molecule has 1 amide bonds. The molecule has 0 bridgehead atoms. The molecule has 0 aliphatic carbocycles. The number of hydrogen-bond donors (Lipinski definition) is 1. The summed E-state index contributed by atoms with van der Waals surface area (Å²) >= 11 is 0. The van der Waals surface area contributed by atoms with Crippen molar-refractivity contribution in [1.29, 1.82) is 0 Å². The van der Waals surface area contributed by atoms with Gasteiger partial charge >= 0.3 is 0 Å². The maximum atomic E-state index is 11.9. The standard InChI is InChI=1S/C19H20N4O3/c1-25-16-5-2-14(3-6-16)4-7-17(24)21-13-10-18-22-23-19(26-18)15-8-11-20-12-9-15/h2-3,5-6,8-9,11-12H,4,7,10,13H2,1H3,(H,21,24). The predicted octanol–water partition coefficient (Wildman–Crippen LogP) is 2.43. The second-order valence-corrected chi connectivity index (χ2v) is 5.68. The minimum absolute atomic E-state index is 0.00492. The van der Waals surface area contributed by atoms with Crippen molar-refractivity contribution in [2.45, 2.75) is 19.3 Å². The number of carbonyl (C=O) groups is 1. The summed E-state index contributed by atoms with van der Waals surface area (Å²) < 4.78 is 10.7. The number of aryl methyl sites for hydroxylation is 1. The third-order valence-corrected chi connectivity index (χ3v) is 3.85. The summed E-state index contributed by atoms with van der Waals surface area (Å²) in [5.41, 5.74) is 1.92. The summed E-state index contributed by atoms with van der Waals surface area (Å²) in [5, 5.41) is 10.9. The molecule has 7 heteroatoms. The Labute approximate surface area is 151 Å². The lowest BCUT2D eigenvalue weighted by Gasteiger charge is -2.05. The SMILES string of the molecule is COc1ccc(CCC(=O)NCCc2nnc(-c3ccncc3)o2)cc1. The van der Waals surface area contributed by atoms with E-state index in [4.69, 9.17) is 9.15 Å². The van der Waals surface area contributed by atoms with Gasteiger partial charge in [-0.25, -0.2) is 0 Å². The van der Waals surface area contributed by atoms with E-state index < -0.39 is 0 Å². The third kappa shape index (κ3) is 4.89. The van der Waals surface area contributed by atoms with Gasteiger partial charge in [-0.3, -0.25) is 9.78 Å². The maximum Gasteiger partial charge on any atom is 0.247 e. The van der Waals surface area contributed by atoms with Crippen LogP contribution in [0.15, 0.2) is 53.2 Å². The molecule has 0 saturated heterocycles. The fraction of sp³-hybridized carbons (Fsp3) is 0.263. The zero-order valence-corrected chi connectivity index (χ0v) is 14.5. The van der Waals surface area contributed by atoms with Crippen LogP contribution in [0.25, 0.3) is 11.5 Å². The molecule has 0 aliphatic heterocycles. The Morgan fingerprint density at radius 2 is 1.85 bits per heavy atom. The van der Waals surface area contributed by atoms with Crippen molar-refractivity contribution in [1.82, 2.24) is 20.5 Å². The smallest absolute Gasteiger partial charge is 0.247 e. The first-order valence-corrected chi connectivity index (χ1v) is 8.37. The summed E-state index contributed by atoms with van der Waals surface area (Å²) in [5.74, 6) is 1.75. The van der Waals surface area contributed by atoms with E-state index >= 15 is 0 Å². The molecular weight excluding hydrogens is 332 g/mol. The number of nitrogens with one attached hydrogen (secondary N) is 1. The van der Waals surface area contributed by atoms with E-state index in [1.807, 2.05) is 24.3 Å². The molecule has 3 aromatic rings. The molecule has 7 nitrogen and oxygen atoms in total. The van der Waals surface area contributed by atoms with Crippen LogP contribution >= 0.6 is 0 Å². The molecule has 0 atom stereocenters. The summed E-state index contributed by atoms with van der Waals surface area (Å²) in [4.78, 5) is 15.9. The van der Waals surface area contributed by atoms with Gasteiger partial charge in [-0.1, -0.05) is 12.1 Å². The van der Waals surface area contributed by atoms with Gasteiger partial charge in [0, 0.05) is 37.3 Å². The molecule has 0 radical (unpaired) electrons. The van der Waals surface area contributed by atoms with E-state index in [0.29, 0.717) is 37.6 Å². The van der Waals surface area contributed by atoms with Crippen molar-refractivity contribution < 1.29 is 13.9 Å². The normalized spacial score (nSPS) is 10.5. The molecule has 0 unspecified atom stereocenters. The Kier molecular flexibility index (Phi) is 5.92. The molecule has 2 heterocycles. The number of amides is 1. The molecule has 0 saturated carbocycles. The largest absolute Gasteiger partial charge is 0.497 e. The molecule has 1 N–H and O–H groups in total. The van der Waals surface area contributed by atoms with Crippen LogP contribution in [0, 0.1) is 0 Å². The van der Waals surface area contributed by atoms with Crippen molar-refractivity contribution in [2.75, 3.05) is 13.7 Å². The maximum absolute atomic E-state index is 11.9. The number of carbonyl (C=O) groups excluding carboxylic acids is 1. The van der Waals surface area contributed by atoms with Gasteiger partial charge in [-0.15, -0.1) is 10.2 Å². The Bertz CT molecular complexity index is 832. The molecule has 0 fully saturated rings.